The van der Waals surface area contributed by atoms with Crippen LogP contribution in [0.1, 0.15) is 32.1 Å². The molecule has 0 aromatic heterocycles. The molecule has 116 valence electrons. The first-order valence-corrected chi connectivity index (χ1v) is 8.52. The summed E-state index contributed by atoms with van der Waals surface area (Å²) in [6, 6.07) is 3.52. The number of ether oxygens (including phenoxy) is 1. The molecule has 1 N–H and O–H groups in total. The third kappa shape index (κ3) is 4.28. The van der Waals surface area contributed by atoms with Crippen LogP contribution in [0.5, 0.6) is 5.75 Å². The SMILES string of the molecule is COc1cc(S(=O)(=O)NCCC2=CCCCC2)ccc1F. The highest BCUT2D eigenvalue weighted by Gasteiger charge is 2.16. The number of nitrogens with one attached hydrogen (secondary N) is 1. The third-order valence-corrected chi connectivity index (χ3v) is 5.01. The number of benzene rings is 1. The fourth-order valence-corrected chi connectivity index (χ4v) is 3.42. The van der Waals surface area contributed by atoms with Gasteiger partial charge in [0.25, 0.3) is 0 Å². The topological polar surface area (TPSA) is 55.4 Å². The van der Waals surface area contributed by atoms with Crippen LogP contribution in [0, 0.1) is 5.82 Å². The van der Waals surface area contributed by atoms with E-state index in [-0.39, 0.29) is 10.6 Å². The van der Waals surface area contributed by atoms with Crippen LogP contribution in [0.2, 0.25) is 0 Å². The van der Waals surface area contributed by atoms with E-state index in [2.05, 4.69) is 10.8 Å². The Bertz CT molecular complexity index is 626. The largest absolute Gasteiger partial charge is 0.494 e. The predicted octanol–water partition coefficient (Wildman–Crippen LogP) is 3.00. The van der Waals surface area contributed by atoms with Crippen molar-refractivity contribution < 1.29 is 17.5 Å². The van der Waals surface area contributed by atoms with Gasteiger partial charge in [-0.25, -0.2) is 17.5 Å². The highest BCUT2D eigenvalue weighted by atomic mass is 32.2. The van der Waals surface area contributed by atoms with Crippen molar-refractivity contribution >= 4 is 10.0 Å². The summed E-state index contributed by atoms with van der Waals surface area (Å²) in [6.07, 6.45) is 7.43. The summed E-state index contributed by atoms with van der Waals surface area (Å²) in [5.74, 6) is -0.656. The fraction of sp³-hybridized carbons (Fsp3) is 0.467. The second-order valence-corrected chi connectivity index (χ2v) is 6.82. The van der Waals surface area contributed by atoms with E-state index >= 15 is 0 Å². The first-order valence-electron chi connectivity index (χ1n) is 7.04. The van der Waals surface area contributed by atoms with Crippen molar-refractivity contribution in [1.82, 2.24) is 4.72 Å². The molecule has 1 aromatic carbocycles. The zero-order valence-electron chi connectivity index (χ0n) is 12.1. The molecule has 1 aromatic rings. The minimum absolute atomic E-state index is 0.0124. The first-order chi connectivity index (χ1) is 10.0. The van der Waals surface area contributed by atoms with Gasteiger partial charge in [0.15, 0.2) is 11.6 Å². The predicted molar refractivity (Wildman–Crippen MR) is 79.3 cm³/mol. The van der Waals surface area contributed by atoms with Gasteiger partial charge in [-0.2, -0.15) is 0 Å². The maximum atomic E-state index is 13.3. The van der Waals surface area contributed by atoms with E-state index in [0.717, 1.165) is 25.3 Å². The normalized spacial score (nSPS) is 15.6. The van der Waals surface area contributed by atoms with Crippen molar-refractivity contribution in [3.8, 4) is 5.75 Å². The molecule has 0 heterocycles. The number of hydrogen-bond acceptors (Lipinski definition) is 3. The smallest absolute Gasteiger partial charge is 0.240 e. The van der Waals surface area contributed by atoms with Crippen molar-refractivity contribution in [2.24, 2.45) is 0 Å². The van der Waals surface area contributed by atoms with E-state index < -0.39 is 15.8 Å². The van der Waals surface area contributed by atoms with Crippen LogP contribution in [0.3, 0.4) is 0 Å². The van der Waals surface area contributed by atoms with Crippen LogP contribution in [-0.4, -0.2) is 22.1 Å². The van der Waals surface area contributed by atoms with Crippen molar-refractivity contribution in [3.63, 3.8) is 0 Å². The molecule has 0 saturated carbocycles. The lowest BCUT2D eigenvalue weighted by atomic mass is 9.97. The van der Waals surface area contributed by atoms with Gasteiger partial charge in [0.1, 0.15) is 0 Å². The molecule has 6 heteroatoms. The van der Waals surface area contributed by atoms with Crippen molar-refractivity contribution in [3.05, 3.63) is 35.7 Å². The van der Waals surface area contributed by atoms with Crippen LogP contribution < -0.4 is 9.46 Å². The number of rotatable bonds is 6. The van der Waals surface area contributed by atoms with Crippen LogP contribution in [0.15, 0.2) is 34.7 Å². The summed E-state index contributed by atoms with van der Waals surface area (Å²) >= 11 is 0. The van der Waals surface area contributed by atoms with Crippen molar-refractivity contribution in [1.29, 1.82) is 0 Å². The molecule has 0 fully saturated rings. The lowest BCUT2D eigenvalue weighted by Crippen LogP contribution is -2.25. The van der Waals surface area contributed by atoms with Gasteiger partial charge in [0.2, 0.25) is 10.0 Å². The monoisotopic (exact) mass is 313 g/mol. The molecule has 0 bridgehead atoms. The van der Waals surface area contributed by atoms with E-state index in [4.69, 9.17) is 4.74 Å². The molecule has 0 radical (unpaired) electrons. The van der Waals surface area contributed by atoms with E-state index in [0.29, 0.717) is 6.54 Å². The number of methoxy groups -OCH3 is 1. The Balaban J connectivity index is 1.99. The Hall–Kier alpha value is -1.40. The molecular formula is C15H20FNO3S. The second-order valence-electron chi connectivity index (χ2n) is 5.05. The Morgan fingerprint density at radius 2 is 2.14 bits per heavy atom. The number of allylic oxidation sites excluding steroid dienone is 1. The first kappa shape index (κ1) is 16.0. The summed E-state index contributed by atoms with van der Waals surface area (Å²) in [4.78, 5) is 0.0124. The highest BCUT2D eigenvalue weighted by molar-refractivity contribution is 7.89. The number of sulfonamides is 1. The van der Waals surface area contributed by atoms with E-state index in [1.54, 1.807) is 0 Å². The molecule has 0 amide bonds. The van der Waals surface area contributed by atoms with Gasteiger partial charge in [-0.15, -0.1) is 0 Å². The maximum absolute atomic E-state index is 13.3. The lowest BCUT2D eigenvalue weighted by molar-refractivity contribution is 0.385. The molecule has 0 atom stereocenters. The van der Waals surface area contributed by atoms with Crippen LogP contribution in [-0.2, 0) is 10.0 Å². The van der Waals surface area contributed by atoms with Gasteiger partial charge in [-0.1, -0.05) is 11.6 Å². The molecule has 0 aliphatic heterocycles. The quantitative estimate of drug-likeness (QED) is 0.821. The highest BCUT2D eigenvalue weighted by Crippen LogP contribution is 2.22. The Morgan fingerprint density at radius 3 is 2.81 bits per heavy atom. The summed E-state index contributed by atoms with van der Waals surface area (Å²) in [5, 5.41) is 0. The second kappa shape index (κ2) is 7.04. The standard InChI is InChI=1S/C15H20FNO3S/c1-20-15-11-13(7-8-14(15)16)21(18,19)17-10-9-12-5-3-2-4-6-12/h5,7-8,11,17H,2-4,6,9-10H2,1H3. The minimum Gasteiger partial charge on any atom is -0.494 e. The summed E-state index contributed by atoms with van der Waals surface area (Å²) in [7, 11) is -2.33. The molecule has 4 nitrogen and oxygen atoms in total. The van der Waals surface area contributed by atoms with Gasteiger partial charge in [0, 0.05) is 12.6 Å². The van der Waals surface area contributed by atoms with E-state index in [9.17, 15) is 12.8 Å². The van der Waals surface area contributed by atoms with Gasteiger partial charge >= 0.3 is 0 Å². The minimum atomic E-state index is -3.63. The lowest BCUT2D eigenvalue weighted by Gasteiger charge is -2.13. The zero-order chi connectivity index (χ0) is 15.3. The molecule has 2 rings (SSSR count). The Morgan fingerprint density at radius 1 is 1.33 bits per heavy atom. The summed E-state index contributed by atoms with van der Waals surface area (Å²) < 4.78 is 44.9. The summed E-state index contributed by atoms with van der Waals surface area (Å²) in [5.41, 5.74) is 1.31. The molecule has 0 spiro atoms. The molecule has 0 unspecified atom stereocenters. The average molecular weight is 313 g/mol. The fourth-order valence-electron chi connectivity index (χ4n) is 2.37. The van der Waals surface area contributed by atoms with Crippen LogP contribution in [0.25, 0.3) is 0 Å². The molecule has 0 saturated heterocycles. The third-order valence-electron chi connectivity index (χ3n) is 3.56. The molecule has 1 aliphatic rings. The van der Waals surface area contributed by atoms with Crippen molar-refractivity contribution in [2.45, 2.75) is 37.0 Å². The molecular weight excluding hydrogens is 293 g/mol. The van der Waals surface area contributed by atoms with Crippen LogP contribution in [0.4, 0.5) is 4.39 Å². The number of hydrogen-bond donors (Lipinski definition) is 1. The maximum Gasteiger partial charge on any atom is 0.240 e. The molecule has 1 aliphatic carbocycles. The number of halogens is 1. The van der Waals surface area contributed by atoms with Crippen LogP contribution >= 0.6 is 0 Å². The molecule has 21 heavy (non-hydrogen) atoms. The van der Waals surface area contributed by atoms with Gasteiger partial charge < -0.3 is 4.74 Å². The average Bonchev–Trinajstić information content (AvgIpc) is 2.48. The Kier molecular flexibility index (Phi) is 5.36. The summed E-state index contributed by atoms with van der Waals surface area (Å²) in [6.45, 7) is 0.355. The van der Waals surface area contributed by atoms with Gasteiger partial charge in [-0.3, -0.25) is 0 Å². The zero-order valence-corrected chi connectivity index (χ0v) is 12.9. The Labute approximate surface area is 125 Å². The van der Waals surface area contributed by atoms with E-state index in [1.807, 2.05) is 0 Å². The van der Waals surface area contributed by atoms with Gasteiger partial charge in [-0.05, 0) is 44.2 Å². The van der Waals surface area contributed by atoms with Gasteiger partial charge in [0.05, 0.1) is 12.0 Å². The van der Waals surface area contributed by atoms with Crippen molar-refractivity contribution in [2.75, 3.05) is 13.7 Å². The van der Waals surface area contributed by atoms with E-state index in [1.165, 1.54) is 37.7 Å².